The molecular weight excluding hydrogens is 130 g/mol. The van der Waals surface area contributed by atoms with Crippen molar-refractivity contribution in [3.8, 4) is 0 Å². The fourth-order valence-electron chi connectivity index (χ4n) is 0.553. The number of rotatable bonds is 6. The number of nitrogens with two attached hydrogens (primary N) is 1. The van der Waals surface area contributed by atoms with E-state index in [-0.39, 0.29) is 6.10 Å². The Labute approximate surface area is 62.5 Å². The van der Waals surface area contributed by atoms with Crippen molar-refractivity contribution in [3.05, 3.63) is 0 Å². The third-order valence-electron chi connectivity index (χ3n) is 1.33. The Morgan fingerprint density at radius 3 is 2.60 bits per heavy atom. The van der Waals surface area contributed by atoms with Crippen molar-refractivity contribution < 1.29 is 9.47 Å². The van der Waals surface area contributed by atoms with Crippen molar-refractivity contribution in [2.24, 2.45) is 5.73 Å². The summed E-state index contributed by atoms with van der Waals surface area (Å²) in [6, 6.07) is 0. The lowest BCUT2D eigenvalue weighted by Crippen LogP contribution is -2.13. The lowest BCUT2D eigenvalue weighted by atomic mass is 10.3. The second-order valence-electron chi connectivity index (χ2n) is 2.24. The molecule has 0 spiro atoms. The van der Waals surface area contributed by atoms with Gasteiger partial charge in [-0.3, -0.25) is 0 Å². The van der Waals surface area contributed by atoms with Gasteiger partial charge in [-0.05, 0) is 13.3 Å². The van der Waals surface area contributed by atoms with Crippen molar-refractivity contribution in [1.82, 2.24) is 0 Å². The van der Waals surface area contributed by atoms with Gasteiger partial charge in [0.2, 0.25) is 0 Å². The van der Waals surface area contributed by atoms with Crippen molar-refractivity contribution in [2.45, 2.75) is 19.4 Å². The second kappa shape index (κ2) is 6.99. The second-order valence-corrected chi connectivity index (χ2v) is 2.24. The molecule has 0 aromatic heterocycles. The molecule has 0 saturated heterocycles. The van der Waals surface area contributed by atoms with E-state index in [0.29, 0.717) is 13.2 Å². The first-order valence-corrected chi connectivity index (χ1v) is 3.62. The number of methoxy groups -OCH3 is 1. The molecule has 0 aliphatic carbocycles. The third-order valence-corrected chi connectivity index (χ3v) is 1.33. The Kier molecular flexibility index (Phi) is 6.91. The summed E-state index contributed by atoms with van der Waals surface area (Å²) in [4.78, 5) is 0. The van der Waals surface area contributed by atoms with Gasteiger partial charge in [0.1, 0.15) is 0 Å². The molecule has 1 atom stereocenters. The Morgan fingerprint density at radius 2 is 2.10 bits per heavy atom. The van der Waals surface area contributed by atoms with Crippen LogP contribution in [-0.4, -0.2) is 33.0 Å². The van der Waals surface area contributed by atoms with Gasteiger partial charge in [0.05, 0.1) is 12.7 Å². The molecular formula is C7H17NO2. The minimum Gasteiger partial charge on any atom is -0.382 e. The van der Waals surface area contributed by atoms with Crippen LogP contribution < -0.4 is 5.73 Å². The molecule has 0 heterocycles. The zero-order valence-corrected chi connectivity index (χ0v) is 6.80. The zero-order valence-electron chi connectivity index (χ0n) is 6.80. The van der Waals surface area contributed by atoms with Crippen LogP contribution in [0.3, 0.4) is 0 Å². The van der Waals surface area contributed by atoms with Gasteiger partial charge in [0, 0.05) is 20.3 Å². The first-order chi connectivity index (χ1) is 4.81. The molecule has 0 aliphatic rings. The van der Waals surface area contributed by atoms with Crippen molar-refractivity contribution in [2.75, 3.05) is 26.9 Å². The van der Waals surface area contributed by atoms with Crippen LogP contribution in [0.1, 0.15) is 13.3 Å². The summed E-state index contributed by atoms with van der Waals surface area (Å²) in [5.74, 6) is 0. The normalized spacial score (nSPS) is 13.5. The minimum absolute atomic E-state index is 0.290. The largest absolute Gasteiger partial charge is 0.382 e. The van der Waals surface area contributed by atoms with Gasteiger partial charge in [-0.1, -0.05) is 0 Å². The molecule has 0 rings (SSSR count). The van der Waals surface area contributed by atoms with Crippen molar-refractivity contribution in [1.29, 1.82) is 0 Å². The summed E-state index contributed by atoms with van der Waals surface area (Å²) >= 11 is 0. The molecule has 0 aromatic carbocycles. The molecule has 2 N–H and O–H groups in total. The highest BCUT2D eigenvalue weighted by Crippen LogP contribution is 1.94. The highest BCUT2D eigenvalue weighted by Gasteiger charge is 1.97. The molecule has 10 heavy (non-hydrogen) atoms. The van der Waals surface area contributed by atoms with Gasteiger partial charge < -0.3 is 15.2 Å². The Morgan fingerprint density at radius 1 is 1.40 bits per heavy atom. The molecule has 3 heteroatoms. The van der Waals surface area contributed by atoms with E-state index in [1.54, 1.807) is 7.11 Å². The van der Waals surface area contributed by atoms with Gasteiger partial charge >= 0.3 is 0 Å². The van der Waals surface area contributed by atoms with Gasteiger partial charge in [-0.25, -0.2) is 0 Å². The Hall–Kier alpha value is -0.120. The van der Waals surface area contributed by atoms with E-state index < -0.39 is 0 Å². The Bertz CT molecular complexity index is 68.6. The van der Waals surface area contributed by atoms with E-state index in [0.717, 1.165) is 13.0 Å². The maximum Gasteiger partial charge on any atom is 0.0588 e. The van der Waals surface area contributed by atoms with Gasteiger partial charge in [0.25, 0.3) is 0 Å². The predicted octanol–water partition coefficient (Wildman–Crippen LogP) is 0.387. The lowest BCUT2D eigenvalue weighted by molar-refractivity contribution is 0.0642. The summed E-state index contributed by atoms with van der Waals surface area (Å²) in [6.07, 6.45) is 1.23. The van der Waals surface area contributed by atoms with Crippen LogP contribution in [-0.2, 0) is 9.47 Å². The van der Waals surface area contributed by atoms with Crippen LogP contribution >= 0.6 is 0 Å². The van der Waals surface area contributed by atoms with E-state index in [1.807, 2.05) is 6.92 Å². The topological polar surface area (TPSA) is 44.5 Å². The fraction of sp³-hybridized carbons (Fsp3) is 1.00. The highest BCUT2D eigenvalue weighted by molar-refractivity contribution is 4.46. The first kappa shape index (κ1) is 9.88. The molecule has 0 amide bonds. The van der Waals surface area contributed by atoms with Crippen LogP contribution in [0.2, 0.25) is 0 Å². The third kappa shape index (κ3) is 6.01. The van der Waals surface area contributed by atoms with Crippen LogP contribution in [0.25, 0.3) is 0 Å². The number of hydrogen-bond donors (Lipinski definition) is 1. The van der Waals surface area contributed by atoms with Gasteiger partial charge in [0.15, 0.2) is 0 Å². The zero-order chi connectivity index (χ0) is 7.82. The van der Waals surface area contributed by atoms with Crippen LogP contribution in [0, 0.1) is 0 Å². The fourth-order valence-corrected chi connectivity index (χ4v) is 0.553. The average Bonchev–Trinajstić information content (AvgIpc) is 1.98. The van der Waals surface area contributed by atoms with Crippen molar-refractivity contribution in [3.63, 3.8) is 0 Å². The standard InChI is InChI=1S/C7H17NO2/c1-7(9-2)3-5-10-6-4-8/h7H,3-6,8H2,1-2H3. The average molecular weight is 147 g/mol. The molecule has 62 valence electrons. The molecule has 0 bridgehead atoms. The van der Waals surface area contributed by atoms with Crippen LogP contribution in [0.5, 0.6) is 0 Å². The van der Waals surface area contributed by atoms with E-state index in [2.05, 4.69) is 0 Å². The summed E-state index contributed by atoms with van der Waals surface area (Å²) in [7, 11) is 1.70. The summed E-state index contributed by atoms with van der Waals surface area (Å²) < 4.78 is 10.2. The predicted molar refractivity (Wildman–Crippen MR) is 41.0 cm³/mol. The molecule has 1 unspecified atom stereocenters. The van der Waals surface area contributed by atoms with Crippen molar-refractivity contribution >= 4 is 0 Å². The monoisotopic (exact) mass is 147 g/mol. The van der Waals surface area contributed by atoms with Gasteiger partial charge in [-0.2, -0.15) is 0 Å². The molecule has 3 nitrogen and oxygen atoms in total. The first-order valence-electron chi connectivity index (χ1n) is 3.62. The molecule has 0 aromatic rings. The van der Waals surface area contributed by atoms with Crippen LogP contribution in [0.15, 0.2) is 0 Å². The summed E-state index contributed by atoms with van der Waals surface area (Å²) in [5.41, 5.74) is 5.22. The van der Waals surface area contributed by atoms with Gasteiger partial charge in [-0.15, -0.1) is 0 Å². The summed E-state index contributed by atoms with van der Waals surface area (Å²) in [6.45, 7) is 4.01. The van der Waals surface area contributed by atoms with Crippen LogP contribution in [0.4, 0.5) is 0 Å². The number of ether oxygens (including phenoxy) is 2. The van der Waals surface area contributed by atoms with E-state index >= 15 is 0 Å². The lowest BCUT2D eigenvalue weighted by Gasteiger charge is -2.08. The Balaban J connectivity index is 2.89. The number of hydrogen-bond acceptors (Lipinski definition) is 3. The maximum atomic E-state index is 5.22. The minimum atomic E-state index is 0.290. The molecule has 0 saturated carbocycles. The van der Waals surface area contributed by atoms with E-state index in [1.165, 1.54) is 0 Å². The molecule has 0 radical (unpaired) electrons. The smallest absolute Gasteiger partial charge is 0.0588 e. The molecule has 0 fully saturated rings. The maximum absolute atomic E-state index is 5.22. The molecule has 0 aliphatic heterocycles. The summed E-state index contributed by atoms with van der Waals surface area (Å²) in [5, 5.41) is 0. The van der Waals surface area contributed by atoms with E-state index in [4.69, 9.17) is 15.2 Å². The SMILES string of the molecule is COC(C)CCOCCN. The highest BCUT2D eigenvalue weighted by atomic mass is 16.5. The quantitative estimate of drug-likeness (QED) is 0.553. The van der Waals surface area contributed by atoms with E-state index in [9.17, 15) is 0 Å².